The van der Waals surface area contributed by atoms with Gasteiger partial charge in [-0.1, -0.05) is 20.8 Å². The van der Waals surface area contributed by atoms with E-state index in [0.29, 0.717) is 17.1 Å². The molecule has 0 spiro atoms. The van der Waals surface area contributed by atoms with Crippen LogP contribution in [0.5, 0.6) is 0 Å². The molecule has 5 heteroatoms. The van der Waals surface area contributed by atoms with Crippen LogP contribution < -0.4 is 5.32 Å². The highest BCUT2D eigenvalue weighted by Gasteiger charge is 2.32. The minimum absolute atomic E-state index is 0.210. The zero-order valence-corrected chi connectivity index (χ0v) is 17.3. The van der Waals surface area contributed by atoms with Crippen molar-refractivity contribution in [1.29, 1.82) is 0 Å². The topological polar surface area (TPSA) is 49.4 Å². The molecule has 0 atom stereocenters. The van der Waals surface area contributed by atoms with Crippen LogP contribution in [0, 0.1) is 23.2 Å². The largest absolute Gasteiger partial charge is 0.356 e. The second kappa shape index (κ2) is 9.29. The number of carbonyl (C=O) groups excluding carboxylic acids is 2. The number of amides is 2. The Balaban J connectivity index is 1.66. The van der Waals surface area contributed by atoms with Crippen molar-refractivity contribution in [2.45, 2.75) is 59.3 Å². The third-order valence-corrected chi connectivity index (χ3v) is 6.66. The zero-order valence-electron chi connectivity index (χ0n) is 16.5. The summed E-state index contributed by atoms with van der Waals surface area (Å²) >= 11 is 1.59. The predicted molar refractivity (Wildman–Crippen MR) is 106 cm³/mol. The molecule has 2 aliphatic rings. The van der Waals surface area contributed by atoms with Crippen molar-refractivity contribution in [2.24, 2.45) is 23.2 Å². The summed E-state index contributed by atoms with van der Waals surface area (Å²) in [4.78, 5) is 26.4. The molecular formula is C20H36N2O2S. The van der Waals surface area contributed by atoms with E-state index in [1.165, 1.54) is 12.8 Å². The molecule has 0 aromatic heterocycles. The molecular weight excluding hydrogens is 332 g/mol. The number of nitrogens with one attached hydrogen (secondary N) is 1. The first kappa shape index (κ1) is 20.6. The third-order valence-electron chi connectivity index (χ3n) is 6.12. The Morgan fingerprint density at radius 1 is 1.04 bits per heavy atom. The lowest BCUT2D eigenvalue weighted by Crippen LogP contribution is -2.43. The number of rotatable bonds is 5. The maximum Gasteiger partial charge on any atom is 0.232 e. The van der Waals surface area contributed by atoms with Crippen LogP contribution >= 0.6 is 11.8 Å². The van der Waals surface area contributed by atoms with Crippen molar-refractivity contribution in [3.05, 3.63) is 0 Å². The van der Waals surface area contributed by atoms with E-state index in [4.69, 9.17) is 0 Å². The van der Waals surface area contributed by atoms with Gasteiger partial charge in [0.1, 0.15) is 0 Å². The van der Waals surface area contributed by atoms with Crippen LogP contribution in [0.25, 0.3) is 0 Å². The number of hydrogen-bond donors (Lipinski definition) is 1. The second-order valence-corrected chi connectivity index (χ2v) is 9.78. The molecule has 0 radical (unpaired) electrons. The highest BCUT2D eigenvalue weighted by atomic mass is 32.2. The number of carbonyl (C=O) groups is 2. The third kappa shape index (κ3) is 6.19. The van der Waals surface area contributed by atoms with Gasteiger partial charge in [0.2, 0.25) is 11.8 Å². The molecule has 1 aliphatic heterocycles. The van der Waals surface area contributed by atoms with Crippen molar-refractivity contribution in [3.63, 3.8) is 0 Å². The molecule has 25 heavy (non-hydrogen) atoms. The van der Waals surface area contributed by atoms with Crippen LogP contribution in [0.2, 0.25) is 0 Å². The molecule has 1 N–H and O–H groups in total. The fourth-order valence-electron chi connectivity index (χ4n) is 4.21. The molecule has 0 aromatic carbocycles. The van der Waals surface area contributed by atoms with E-state index >= 15 is 0 Å². The number of likely N-dealkylation sites (tertiary alicyclic amines) is 1. The molecule has 2 amide bonds. The molecule has 1 aliphatic carbocycles. The summed E-state index contributed by atoms with van der Waals surface area (Å²) in [5.74, 6) is 2.58. The van der Waals surface area contributed by atoms with Crippen LogP contribution in [0.1, 0.15) is 59.3 Å². The van der Waals surface area contributed by atoms with Gasteiger partial charge in [0.15, 0.2) is 0 Å². The van der Waals surface area contributed by atoms with Crippen molar-refractivity contribution >= 4 is 23.6 Å². The Labute approximate surface area is 157 Å². The smallest absolute Gasteiger partial charge is 0.232 e. The summed E-state index contributed by atoms with van der Waals surface area (Å²) in [5, 5.41) is 3.20. The fraction of sp³-hybridized carbons (Fsp3) is 0.900. The van der Waals surface area contributed by atoms with Crippen LogP contribution in [0.3, 0.4) is 0 Å². The van der Waals surface area contributed by atoms with E-state index < -0.39 is 0 Å². The molecule has 2 rings (SSSR count). The normalized spacial score (nSPS) is 25.7. The number of piperidine rings is 1. The molecule has 1 saturated heterocycles. The van der Waals surface area contributed by atoms with Gasteiger partial charge in [-0.15, -0.1) is 0 Å². The molecule has 1 heterocycles. The van der Waals surface area contributed by atoms with E-state index in [1.807, 2.05) is 11.2 Å². The molecule has 2 fully saturated rings. The Hall–Kier alpha value is -0.710. The van der Waals surface area contributed by atoms with Gasteiger partial charge in [0, 0.05) is 25.6 Å². The van der Waals surface area contributed by atoms with E-state index in [-0.39, 0.29) is 17.7 Å². The summed E-state index contributed by atoms with van der Waals surface area (Å²) in [6, 6.07) is 0. The number of thioether (sulfide) groups is 1. The van der Waals surface area contributed by atoms with Gasteiger partial charge in [-0.25, -0.2) is 0 Å². The first-order valence-corrected chi connectivity index (χ1v) is 11.2. The second-order valence-electron chi connectivity index (χ2n) is 8.92. The van der Waals surface area contributed by atoms with Gasteiger partial charge in [-0.2, -0.15) is 11.8 Å². The van der Waals surface area contributed by atoms with Crippen LogP contribution in [0.15, 0.2) is 0 Å². The highest BCUT2D eigenvalue weighted by Crippen LogP contribution is 2.39. The monoisotopic (exact) mass is 368 g/mol. The summed E-state index contributed by atoms with van der Waals surface area (Å²) in [6.07, 6.45) is 8.42. The quantitative estimate of drug-likeness (QED) is 0.807. The molecule has 4 nitrogen and oxygen atoms in total. The van der Waals surface area contributed by atoms with Crippen molar-refractivity contribution in [1.82, 2.24) is 10.2 Å². The van der Waals surface area contributed by atoms with Crippen molar-refractivity contribution < 1.29 is 9.59 Å². The lowest BCUT2D eigenvalue weighted by Gasteiger charge is -2.37. The minimum atomic E-state index is 0.210. The molecule has 0 unspecified atom stereocenters. The first-order valence-electron chi connectivity index (χ1n) is 9.85. The lowest BCUT2D eigenvalue weighted by atomic mass is 9.69. The first-order chi connectivity index (χ1) is 11.8. The van der Waals surface area contributed by atoms with E-state index in [2.05, 4.69) is 26.1 Å². The average Bonchev–Trinajstić information content (AvgIpc) is 2.59. The maximum atomic E-state index is 12.5. The molecule has 144 valence electrons. The molecule has 1 saturated carbocycles. The van der Waals surface area contributed by atoms with Gasteiger partial charge in [0.05, 0.1) is 5.75 Å². The highest BCUT2D eigenvalue weighted by molar-refractivity contribution is 7.99. The average molecular weight is 369 g/mol. The fourth-order valence-corrected chi connectivity index (χ4v) is 4.64. The van der Waals surface area contributed by atoms with Crippen molar-refractivity contribution in [3.8, 4) is 0 Å². The van der Waals surface area contributed by atoms with Crippen molar-refractivity contribution in [2.75, 3.05) is 31.6 Å². The summed E-state index contributed by atoms with van der Waals surface area (Å²) < 4.78 is 0. The van der Waals surface area contributed by atoms with Gasteiger partial charge >= 0.3 is 0 Å². The van der Waals surface area contributed by atoms with Gasteiger partial charge in [0.25, 0.3) is 0 Å². The zero-order chi connectivity index (χ0) is 18.4. The maximum absolute atomic E-state index is 12.5. The van der Waals surface area contributed by atoms with E-state index in [1.54, 1.807) is 11.8 Å². The number of hydrogen-bond acceptors (Lipinski definition) is 3. The van der Waals surface area contributed by atoms with Crippen LogP contribution in [-0.2, 0) is 9.59 Å². The standard InChI is InChI=1S/C20H36N2O2S/c1-20(2,3)17-7-5-16(6-8-17)19(24)21-13-15-9-11-22(12-10-15)18(23)14-25-4/h15-17H,5-14H2,1-4H3,(H,21,24). The lowest BCUT2D eigenvalue weighted by molar-refractivity contribution is -0.130. The van der Waals surface area contributed by atoms with E-state index in [0.717, 1.165) is 51.2 Å². The minimum Gasteiger partial charge on any atom is -0.356 e. The summed E-state index contributed by atoms with van der Waals surface area (Å²) in [7, 11) is 0. The Kier molecular flexibility index (Phi) is 7.66. The number of nitrogens with zero attached hydrogens (tertiary/aromatic N) is 1. The summed E-state index contributed by atoms with van der Waals surface area (Å²) in [6.45, 7) is 9.41. The van der Waals surface area contributed by atoms with Crippen LogP contribution in [-0.4, -0.2) is 48.4 Å². The Bertz CT molecular complexity index is 445. The SMILES string of the molecule is CSCC(=O)N1CCC(CNC(=O)C2CCC(C(C)(C)C)CC2)CC1. The van der Waals surface area contributed by atoms with Gasteiger partial charge < -0.3 is 10.2 Å². The Morgan fingerprint density at radius 3 is 2.16 bits per heavy atom. The Morgan fingerprint density at radius 2 is 1.64 bits per heavy atom. The van der Waals surface area contributed by atoms with E-state index in [9.17, 15) is 9.59 Å². The molecule has 0 aromatic rings. The van der Waals surface area contributed by atoms with Crippen LogP contribution in [0.4, 0.5) is 0 Å². The molecule has 0 bridgehead atoms. The predicted octanol–water partition coefficient (Wildman–Crippen LogP) is 3.56. The van der Waals surface area contributed by atoms with Gasteiger partial charge in [-0.3, -0.25) is 9.59 Å². The summed E-state index contributed by atoms with van der Waals surface area (Å²) in [5.41, 5.74) is 0.364. The van der Waals surface area contributed by atoms with Gasteiger partial charge in [-0.05, 0) is 62.0 Å².